The molecule has 0 fully saturated rings. The largest absolute Gasteiger partial charge is 0.481 e. The van der Waals surface area contributed by atoms with Crippen molar-refractivity contribution in [2.75, 3.05) is 6.61 Å². The Bertz CT molecular complexity index is 1270. The summed E-state index contributed by atoms with van der Waals surface area (Å²) in [6, 6.07) is 19.0. The minimum absolute atomic E-state index is 0.165. The van der Waals surface area contributed by atoms with E-state index in [1.54, 1.807) is 36.5 Å². The van der Waals surface area contributed by atoms with Crippen molar-refractivity contribution in [1.29, 1.82) is 0 Å². The Balaban J connectivity index is 1.34. The van der Waals surface area contributed by atoms with Crippen molar-refractivity contribution < 1.29 is 23.8 Å². The van der Waals surface area contributed by atoms with Gasteiger partial charge < -0.3 is 14.3 Å². The summed E-state index contributed by atoms with van der Waals surface area (Å²) in [6.45, 7) is -0.224. The summed E-state index contributed by atoms with van der Waals surface area (Å²) < 4.78 is 11.2. The van der Waals surface area contributed by atoms with Crippen LogP contribution in [-0.4, -0.2) is 34.8 Å². The van der Waals surface area contributed by atoms with Crippen molar-refractivity contribution in [1.82, 2.24) is 10.4 Å². The van der Waals surface area contributed by atoms with Crippen LogP contribution in [-0.2, 0) is 4.79 Å². The van der Waals surface area contributed by atoms with E-state index < -0.39 is 11.9 Å². The first-order chi connectivity index (χ1) is 15.1. The summed E-state index contributed by atoms with van der Waals surface area (Å²) in [4.78, 5) is 27.4. The van der Waals surface area contributed by atoms with Crippen molar-refractivity contribution in [3.05, 3.63) is 84.3 Å². The maximum Gasteiger partial charge on any atom is 0.335 e. The molecule has 2 N–H and O–H groups in total. The lowest BCUT2D eigenvalue weighted by molar-refractivity contribution is -0.123. The van der Waals surface area contributed by atoms with E-state index in [0.29, 0.717) is 28.4 Å². The van der Waals surface area contributed by atoms with Gasteiger partial charge in [-0.3, -0.25) is 9.78 Å². The number of fused-ring (bicyclic) bond motifs is 1. The van der Waals surface area contributed by atoms with Gasteiger partial charge in [0.25, 0.3) is 5.91 Å². The van der Waals surface area contributed by atoms with Gasteiger partial charge in [0.15, 0.2) is 6.61 Å². The van der Waals surface area contributed by atoms with Gasteiger partial charge in [-0.05, 0) is 36.4 Å². The summed E-state index contributed by atoms with van der Waals surface area (Å²) in [5.74, 6) is -0.0566. The highest BCUT2D eigenvalue weighted by atomic mass is 16.5. The fourth-order valence-electron chi connectivity index (χ4n) is 2.92. The lowest BCUT2D eigenvalue weighted by Gasteiger charge is -2.07. The van der Waals surface area contributed by atoms with Crippen LogP contribution in [0.5, 0.6) is 5.75 Å². The number of aromatic carboxylic acids is 1. The Morgan fingerprint density at radius 1 is 1.10 bits per heavy atom. The first-order valence-corrected chi connectivity index (χ1v) is 9.32. The van der Waals surface area contributed by atoms with Gasteiger partial charge in [0, 0.05) is 17.1 Å². The van der Waals surface area contributed by atoms with E-state index >= 15 is 0 Å². The number of rotatable bonds is 7. The molecule has 154 valence electrons. The number of pyridine rings is 1. The van der Waals surface area contributed by atoms with Crippen LogP contribution in [0.2, 0.25) is 0 Å². The number of hydrogen-bond donors (Lipinski definition) is 2. The number of para-hydroxylation sites is 1. The van der Waals surface area contributed by atoms with Crippen LogP contribution in [0.25, 0.3) is 22.2 Å². The molecule has 4 aromatic rings. The molecular weight excluding hydrogens is 398 g/mol. The van der Waals surface area contributed by atoms with E-state index in [1.165, 1.54) is 18.3 Å². The molecule has 0 aliphatic carbocycles. The van der Waals surface area contributed by atoms with Crippen LogP contribution in [0.3, 0.4) is 0 Å². The van der Waals surface area contributed by atoms with E-state index in [4.69, 9.17) is 14.3 Å². The van der Waals surface area contributed by atoms with Gasteiger partial charge in [-0.25, -0.2) is 10.2 Å². The number of carbonyl (C=O) groups excluding carboxylic acids is 1. The molecule has 31 heavy (non-hydrogen) atoms. The topological polar surface area (TPSA) is 114 Å². The standard InChI is InChI=1S/C23H17N3O5/c27-21(14-30-20-8-2-4-15-7-3-11-24-22(15)20)26-25-13-18-9-10-19(31-18)16-5-1-6-17(12-16)23(28)29/h1-13H,14H2,(H,26,27)(H,28,29)/b25-13-. The number of benzene rings is 2. The van der Waals surface area contributed by atoms with Crippen LogP contribution < -0.4 is 10.2 Å². The van der Waals surface area contributed by atoms with Crippen molar-refractivity contribution in [3.8, 4) is 17.1 Å². The number of hydrazone groups is 1. The minimum Gasteiger partial charge on any atom is -0.481 e. The minimum atomic E-state index is -1.01. The Hall–Kier alpha value is -4.46. The number of nitrogens with zero attached hydrogens (tertiary/aromatic N) is 2. The van der Waals surface area contributed by atoms with Gasteiger partial charge in [0.2, 0.25) is 0 Å². The highest BCUT2D eigenvalue weighted by Crippen LogP contribution is 2.23. The molecule has 8 heteroatoms. The van der Waals surface area contributed by atoms with E-state index in [-0.39, 0.29) is 12.2 Å². The van der Waals surface area contributed by atoms with Crippen LogP contribution in [0.15, 0.2) is 82.4 Å². The number of nitrogens with one attached hydrogen (secondary N) is 1. The Morgan fingerprint density at radius 2 is 1.94 bits per heavy atom. The maximum atomic E-state index is 12.0. The molecule has 0 aliphatic rings. The van der Waals surface area contributed by atoms with Crippen molar-refractivity contribution in [3.63, 3.8) is 0 Å². The normalized spacial score (nSPS) is 11.0. The Kier molecular flexibility index (Phi) is 5.70. The number of carboxylic acids is 1. The fraction of sp³-hybridized carbons (Fsp3) is 0.0435. The fourth-order valence-corrected chi connectivity index (χ4v) is 2.92. The van der Waals surface area contributed by atoms with Gasteiger partial charge in [-0.1, -0.05) is 30.3 Å². The van der Waals surface area contributed by atoms with E-state index in [1.807, 2.05) is 24.3 Å². The average Bonchev–Trinajstić information content (AvgIpc) is 3.27. The summed E-state index contributed by atoms with van der Waals surface area (Å²) in [5, 5.41) is 13.9. The number of furan rings is 1. The lowest BCUT2D eigenvalue weighted by atomic mass is 10.1. The molecule has 0 aliphatic heterocycles. The molecule has 4 rings (SSSR count). The molecule has 0 spiro atoms. The molecule has 2 aromatic carbocycles. The van der Waals surface area contributed by atoms with Gasteiger partial charge in [0.1, 0.15) is 22.8 Å². The van der Waals surface area contributed by atoms with E-state index in [2.05, 4.69) is 15.5 Å². The third kappa shape index (κ3) is 4.76. The molecule has 8 nitrogen and oxygen atoms in total. The molecule has 1 amide bonds. The lowest BCUT2D eigenvalue weighted by Crippen LogP contribution is -2.24. The van der Waals surface area contributed by atoms with Gasteiger partial charge in [-0.2, -0.15) is 5.10 Å². The smallest absolute Gasteiger partial charge is 0.335 e. The number of aromatic nitrogens is 1. The number of hydrogen-bond acceptors (Lipinski definition) is 6. The number of amides is 1. The number of carboxylic acid groups (broad SMARTS) is 1. The van der Waals surface area contributed by atoms with Crippen LogP contribution in [0.1, 0.15) is 16.1 Å². The van der Waals surface area contributed by atoms with Gasteiger partial charge >= 0.3 is 5.97 Å². The maximum absolute atomic E-state index is 12.0. The number of ether oxygens (including phenoxy) is 1. The second-order valence-corrected chi connectivity index (χ2v) is 6.50. The summed E-state index contributed by atoms with van der Waals surface area (Å²) in [7, 11) is 0. The molecule has 0 atom stereocenters. The number of carbonyl (C=O) groups is 2. The monoisotopic (exact) mass is 415 g/mol. The first-order valence-electron chi connectivity index (χ1n) is 9.32. The van der Waals surface area contributed by atoms with Gasteiger partial charge in [-0.15, -0.1) is 0 Å². The highest BCUT2D eigenvalue weighted by Gasteiger charge is 2.09. The van der Waals surface area contributed by atoms with Crippen LogP contribution in [0, 0.1) is 0 Å². The molecule has 0 radical (unpaired) electrons. The Labute approximate surface area is 176 Å². The predicted molar refractivity (Wildman–Crippen MR) is 114 cm³/mol. The zero-order valence-electron chi connectivity index (χ0n) is 16.2. The van der Waals surface area contributed by atoms with Crippen LogP contribution in [0.4, 0.5) is 0 Å². The third-order valence-corrected chi connectivity index (χ3v) is 4.36. The van der Waals surface area contributed by atoms with E-state index in [9.17, 15) is 9.59 Å². The van der Waals surface area contributed by atoms with E-state index in [0.717, 1.165) is 5.39 Å². The van der Waals surface area contributed by atoms with Gasteiger partial charge in [0.05, 0.1) is 11.8 Å². The quantitative estimate of drug-likeness (QED) is 0.351. The molecule has 0 bridgehead atoms. The van der Waals surface area contributed by atoms with Crippen molar-refractivity contribution >= 4 is 29.0 Å². The second kappa shape index (κ2) is 8.91. The zero-order chi connectivity index (χ0) is 21.6. The Morgan fingerprint density at radius 3 is 2.81 bits per heavy atom. The zero-order valence-corrected chi connectivity index (χ0v) is 16.2. The summed E-state index contributed by atoms with van der Waals surface area (Å²) >= 11 is 0. The SMILES string of the molecule is O=C(COc1cccc2cccnc12)N/N=C\c1ccc(-c2cccc(C(=O)O)c2)o1. The third-order valence-electron chi connectivity index (χ3n) is 4.36. The van der Waals surface area contributed by atoms with Crippen molar-refractivity contribution in [2.24, 2.45) is 5.10 Å². The second-order valence-electron chi connectivity index (χ2n) is 6.50. The summed E-state index contributed by atoms with van der Waals surface area (Å²) in [6.07, 6.45) is 3.01. The highest BCUT2D eigenvalue weighted by molar-refractivity contribution is 5.89. The molecule has 0 saturated heterocycles. The first kappa shape index (κ1) is 19.8. The molecular formula is C23H17N3O5. The average molecular weight is 415 g/mol. The predicted octanol–water partition coefficient (Wildman–Crippen LogP) is 3.72. The molecule has 0 saturated carbocycles. The van der Waals surface area contributed by atoms with Crippen molar-refractivity contribution in [2.45, 2.75) is 0 Å². The molecule has 2 heterocycles. The van der Waals surface area contributed by atoms with Crippen LogP contribution >= 0.6 is 0 Å². The summed E-state index contributed by atoms with van der Waals surface area (Å²) in [5.41, 5.74) is 3.84. The molecule has 0 unspecified atom stereocenters. The molecule has 2 aromatic heterocycles.